The fourth-order valence-corrected chi connectivity index (χ4v) is 4.69. The highest BCUT2D eigenvalue weighted by atomic mass is 32.2. The van der Waals surface area contributed by atoms with Gasteiger partial charge in [-0.1, -0.05) is 69.3 Å². The average molecular weight is 467 g/mol. The number of nitrogens with one attached hydrogen (secondary N) is 1. The number of para-hydroxylation sites is 2. The lowest BCUT2D eigenvalue weighted by atomic mass is 9.86. The summed E-state index contributed by atoms with van der Waals surface area (Å²) in [6.07, 6.45) is 0. The maximum Gasteiger partial charge on any atom is 0.264 e. The van der Waals surface area contributed by atoms with Gasteiger partial charge in [-0.15, -0.1) is 0 Å². The largest absolute Gasteiger partial charge is 0.491 e. The van der Waals surface area contributed by atoms with Crippen molar-refractivity contribution in [3.05, 3.63) is 90.0 Å². The molecule has 1 N–H and O–H groups in total. The van der Waals surface area contributed by atoms with Crippen molar-refractivity contribution in [2.24, 2.45) is 0 Å². The smallest absolute Gasteiger partial charge is 0.264 e. The molecule has 0 aliphatic heterocycles. The number of carbonyl (C=O) groups excluding carboxylic acids is 1. The Morgan fingerprint density at radius 3 is 2.21 bits per heavy atom. The molecule has 0 radical (unpaired) electrons. The first-order valence-electron chi connectivity index (χ1n) is 10.8. The zero-order chi connectivity index (χ0) is 24.1. The molecule has 0 unspecified atom stereocenters. The highest BCUT2D eigenvalue weighted by Gasteiger charge is 2.25. The third-order valence-electron chi connectivity index (χ3n) is 5.23. The molecule has 0 fully saturated rings. The van der Waals surface area contributed by atoms with Gasteiger partial charge in [0.25, 0.3) is 15.9 Å². The number of hydrogen-bond donors (Lipinski definition) is 1. The monoisotopic (exact) mass is 466 g/mol. The summed E-state index contributed by atoms with van der Waals surface area (Å²) >= 11 is 0. The summed E-state index contributed by atoms with van der Waals surface area (Å²) in [6.45, 7) is 6.93. The fraction of sp³-hybridized carbons (Fsp3) is 0.269. The second-order valence-electron chi connectivity index (χ2n) is 8.65. The van der Waals surface area contributed by atoms with E-state index >= 15 is 0 Å². The first kappa shape index (κ1) is 24.3. The van der Waals surface area contributed by atoms with Gasteiger partial charge >= 0.3 is 0 Å². The number of benzene rings is 3. The number of anilines is 1. The quantitative estimate of drug-likeness (QED) is 0.492. The number of carbonyl (C=O) groups is 1. The van der Waals surface area contributed by atoms with Crippen LogP contribution in [0, 0.1) is 0 Å². The number of rotatable bonds is 8. The van der Waals surface area contributed by atoms with Gasteiger partial charge in [-0.05, 0) is 41.3 Å². The molecule has 0 aliphatic rings. The molecule has 0 saturated heterocycles. The van der Waals surface area contributed by atoms with Crippen LogP contribution in [0.15, 0.2) is 83.8 Å². The van der Waals surface area contributed by atoms with Crippen molar-refractivity contribution < 1.29 is 17.9 Å². The van der Waals surface area contributed by atoms with Crippen LogP contribution < -0.4 is 14.4 Å². The van der Waals surface area contributed by atoms with Crippen LogP contribution in [0.25, 0.3) is 0 Å². The number of ether oxygens (including phenoxy) is 1. The third kappa shape index (κ3) is 5.73. The molecule has 0 spiro atoms. The van der Waals surface area contributed by atoms with Crippen LogP contribution in [0.2, 0.25) is 0 Å². The first-order chi connectivity index (χ1) is 15.6. The Balaban J connectivity index is 1.69. The number of hydrogen-bond acceptors (Lipinski definition) is 4. The molecule has 33 heavy (non-hydrogen) atoms. The lowest BCUT2D eigenvalue weighted by Gasteiger charge is -2.23. The number of amides is 1. The maximum absolute atomic E-state index is 13.0. The summed E-state index contributed by atoms with van der Waals surface area (Å²) in [5.41, 5.74) is 1.61. The van der Waals surface area contributed by atoms with Crippen molar-refractivity contribution in [1.29, 1.82) is 0 Å². The van der Waals surface area contributed by atoms with E-state index in [0.717, 1.165) is 15.6 Å². The molecule has 7 heteroatoms. The van der Waals surface area contributed by atoms with Crippen LogP contribution in [0.1, 0.15) is 36.7 Å². The van der Waals surface area contributed by atoms with Gasteiger partial charge in [-0.3, -0.25) is 9.10 Å². The zero-order valence-electron chi connectivity index (χ0n) is 19.4. The first-order valence-corrected chi connectivity index (χ1v) is 12.2. The van der Waals surface area contributed by atoms with Gasteiger partial charge in [0, 0.05) is 7.05 Å². The van der Waals surface area contributed by atoms with E-state index in [1.54, 1.807) is 42.5 Å². The molecule has 3 aromatic rings. The van der Waals surface area contributed by atoms with E-state index < -0.39 is 10.0 Å². The molecule has 3 aromatic carbocycles. The lowest BCUT2D eigenvalue weighted by Crippen LogP contribution is -2.32. The standard InChI is InChI=1S/C26H30N2O4S/c1-26(2,3)22-15-9-11-17-24(22)32-19-18-27-25(29)21-14-8-10-16-23(21)28(4)33(30,31)20-12-6-5-7-13-20/h5-17H,18-19H2,1-4H3,(H,27,29). The van der Waals surface area contributed by atoms with E-state index in [9.17, 15) is 13.2 Å². The molecule has 0 aliphatic carbocycles. The van der Waals surface area contributed by atoms with Crippen molar-refractivity contribution >= 4 is 21.6 Å². The van der Waals surface area contributed by atoms with Crippen LogP contribution in [-0.4, -0.2) is 34.5 Å². The van der Waals surface area contributed by atoms with Gasteiger partial charge in [0.1, 0.15) is 12.4 Å². The SMILES string of the molecule is CN(c1ccccc1C(=O)NCCOc1ccccc1C(C)(C)C)S(=O)(=O)c1ccccc1. The van der Waals surface area contributed by atoms with Gasteiger partial charge in [0.05, 0.1) is 22.7 Å². The minimum absolute atomic E-state index is 0.0619. The fourth-order valence-electron chi connectivity index (χ4n) is 3.45. The normalized spacial score (nSPS) is 11.6. The second-order valence-corrected chi connectivity index (χ2v) is 10.6. The molecule has 0 atom stereocenters. The zero-order valence-corrected chi connectivity index (χ0v) is 20.2. The summed E-state index contributed by atoms with van der Waals surface area (Å²) in [5, 5.41) is 2.83. The molecule has 0 heterocycles. The predicted octanol–water partition coefficient (Wildman–Crippen LogP) is 4.62. The van der Waals surface area contributed by atoms with E-state index in [1.165, 1.54) is 19.2 Å². The Morgan fingerprint density at radius 2 is 1.52 bits per heavy atom. The molecule has 0 saturated carbocycles. The third-order valence-corrected chi connectivity index (χ3v) is 7.02. The van der Waals surface area contributed by atoms with Crippen molar-refractivity contribution in [2.75, 3.05) is 24.5 Å². The Kier molecular flexibility index (Phi) is 7.43. The topological polar surface area (TPSA) is 75.7 Å². The number of sulfonamides is 1. The van der Waals surface area contributed by atoms with E-state index in [4.69, 9.17) is 4.74 Å². The lowest BCUT2D eigenvalue weighted by molar-refractivity contribution is 0.0947. The van der Waals surface area contributed by atoms with Crippen LogP contribution in [0.3, 0.4) is 0 Å². The summed E-state index contributed by atoms with van der Waals surface area (Å²) in [4.78, 5) is 13.0. The second kappa shape index (κ2) is 10.1. The molecule has 1 amide bonds. The van der Waals surface area contributed by atoms with E-state index in [2.05, 4.69) is 26.1 Å². The Bertz CT molecular complexity index is 1200. The van der Waals surface area contributed by atoms with E-state index in [1.807, 2.05) is 24.3 Å². The van der Waals surface area contributed by atoms with Gasteiger partial charge in [0.2, 0.25) is 0 Å². The van der Waals surface area contributed by atoms with Crippen LogP contribution >= 0.6 is 0 Å². The highest BCUT2D eigenvalue weighted by molar-refractivity contribution is 7.92. The summed E-state index contributed by atoms with van der Waals surface area (Å²) < 4.78 is 33.1. The molecule has 3 rings (SSSR count). The Morgan fingerprint density at radius 1 is 0.909 bits per heavy atom. The Hall–Kier alpha value is -3.32. The van der Waals surface area contributed by atoms with Gasteiger partial charge in [-0.2, -0.15) is 0 Å². The molecule has 0 aromatic heterocycles. The summed E-state index contributed by atoms with van der Waals surface area (Å²) in [6, 6.07) is 22.6. The average Bonchev–Trinajstić information content (AvgIpc) is 2.81. The van der Waals surface area contributed by atoms with Gasteiger partial charge in [0.15, 0.2) is 0 Å². The van der Waals surface area contributed by atoms with Crippen LogP contribution in [0.5, 0.6) is 5.75 Å². The Labute approximate surface area is 196 Å². The van der Waals surface area contributed by atoms with Gasteiger partial charge in [-0.25, -0.2) is 8.42 Å². The van der Waals surface area contributed by atoms with Crippen LogP contribution in [0.4, 0.5) is 5.69 Å². The van der Waals surface area contributed by atoms with Gasteiger partial charge < -0.3 is 10.1 Å². The van der Waals surface area contributed by atoms with Crippen molar-refractivity contribution in [3.63, 3.8) is 0 Å². The molecule has 0 bridgehead atoms. The predicted molar refractivity (Wildman–Crippen MR) is 131 cm³/mol. The highest BCUT2D eigenvalue weighted by Crippen LogP contribution is 2.31. The van der Waals surface area contributed by atoms with Crippen molar-refractivity contribution in [3.8, 4) is 5.75 Å². The molecule has 6 nitrogen and oxygen atoms in total. The van der Waals surface area contributed by atoms with Crippen molar-refractivity contribution in [2.45, 2.75) is 31.1 Å². The summed E-state index contributed by atoms with van der Waals surface area (Å²) in [5.74, 6) is 0.418. The summed E-state index contributed by atoms with van der Waals surface area (Å²) in [7, 11) is -2.35. The van der Waals surface area contributed by atoms with E-state index in [0.29, 0.717) is 12.3 Å². The molecular weight excluding hydrogens is 436 g/mol. The van der Waals surface area contributed by atoms with Crippen LogP contribution in [-0.2, 0) is 15.4 Å². The minimum atomic E-state index is -3.80. The maximum atomic E-state index is 13.0. The van der Waals surface area contributed by atoms with E-state index in [-0.39, 0.29) is 28.3 Å². The minimum Gasteiger partial charge on any atom is -0.491 e. The van der Waals surface area contributed by atoms with Crippen molar-refractivity contribution in [1.82, 2.24) is 5.32 Å². The number of nitrogens with zero attached hydrogens (tertiary/aromatic N) is 1. The molecular formula is C26H30N2O4S. The molecule has 174 valence electrons.